The summed E-state index contributed by atoms with van der Waals surface area (Å²) in [4.78, 5) is 7.47. The van der Waals surface area contributed by atoms with Crippen LogP contribution < -0.4 is 19.5 Å². The molecule has 0 spiro atoms. The molecular weight excluding hydrogens is 310 g/mol. The lowest BCUT2D eigenvalue weighted by Crippen LogP contribution is -3.13. The van der Waals surface area contributed by atoms with Crippen LogP contribution in [-0.4, -0.2) is 31.8 Å². The number of fused-ring (bicyclic) bond motifs is 1. The van der Waals surface area contributed by atoms with E-state index in [0.29, 0.717) is 0 Å². The minimum Gasteiger partial charge on any atom is -0.488 e. The van der Waals surface area contributed by atoms with Crippen molar-refractivity contribution in [3.63, 3.8) is 0 Å². The molecule has 0 radical (unpaired) electrons. The lowest BCUT2D eigenvalue weighted by atomic mass is 9.93. The molecule has 2 N–H and O–H groups in total. The van der Waals surface area contributed by atoms with Gasteiger partial charge in [-0.1, -0.05) is 6.07 Å². The largest absolute Gasteiger partial charge is 0.488 e. The Morgan fingerprint density at radius 1 is 1.16 bits per heavy atom. The number of anilines is 1. The monoisotopic (exact) mass is 339 g/mol. The van der Waals surface area contributed by atoms with Crippen LogP contribution in [0.4, 0.5) is 5.82 Å². The number of benzene rings is 1. The first-order chi connectivity index (χ1) is 12.1. The lowest BCUT2D eigenvalue weighted by molar-refractivity contribution is -0.914. The summed E-state index contributed by atoms with van der Waals surface area (Å²) in [6.45, 7) is 10.1. The van der Waals surface area contributed by atoms with Gasteiger partial charge in [0.15, 0.2) is 0 Å². The highest BCUT2D eigenvalue weighted by Crippen LogP contribution is 2.33. The van der Waals surface area contributed by atoms with Gasteiger partial charge in [-0.3, -0.25) is 4.90 Å². The molecule has 1 saturated heterocycles. The summed E-state index contributed by atoms with van der Waals surface area (Å²) in [7, 11) is 0. The summed E-state index contributed by atoms with van der Waals surface area (Å²) in [5.41, 5.74) is 2.80. The third-order valence-electron chi connectivity index (χ3n) is 5.47. The van der Waals surface area contributed by atoms with Crippen molar-refractivity contribution in [3.8, 4) is 5.75 Å². The number of nitrogens with one attached hydrogen (secondary N) is 2. The van der Waals surface area contributed by atoms with E-state index in [1.54, 1.807) is 4.90 Å². The van der Waals surface area contributed by atoms with E-state index in [2.05, 4.69) is 54.1 Å². The number of ether oxygens (including phenoxy) is 1. The standard InChI is InChI=1S/C21H27N3O/c1-21(2)9-8-18-15-17(6-7-19(18)25-21)16-23-11-13-24(14-12-23)20-5-3-4-10-22-20/h3-7,10,15H,8-9,11-14,16H2,1-2H3/p+2. The van der Waals surface area contributed by atoms with Gasteiger partial charge < -0.3 is 9.64 Å². The number of aryl methyl sites for hydroxylation is 1. The first-order valence-electron chi connectivity index (χ1n) is 9.45. The summed E-state index contributed by atoms with van der Waals surface area (Å²) in [5, 5.41) is 0. The highest BCUT2D eigenvalue weighted by Gasteiger charge is 2.28. The molecule has 0 amide bonds. The first-order valence-corrected chi connectivity index (χ1v) is 9.45. The highest BCUT2D eigenvalue weighted by atomic mass is 16.5. The molecule has 4 heteroatoms. The zero-order valence-corrected chi connectivity index (χ0v) is 15.3. The van der Waals surface area contributed by atoms with E-state index in [1.165, 1.54) is 30.0 Å². The second-order valence-electron chi connectivity index (χ2n) is 7.97. The van der Waals surface area contributed by atoms with Gasteiger partial charge in [0.2, 0.25) is 0 Å². The zero-order valence-electron chi connectivity index (χ0n) is 15.3. The maximum Gasteiger partial charge on any atom is 0.274 e. The number of hydrogen-bond donors (Lipinski definition) is 1. The average Bonchev–Trinajstić information content (AvgIpc) is 2.63. The molecule has 0 saturated carbocycles. The number of rotatable bonds is 3. The van der Waals surface area contributed by atoms with Crippen LogP contribution in [0.25, 0.3) is 0 Å². The van der Waals surface area contributed by atoms with Crippen molar-refractivity contribution in [3.05, 3.63) is 53.7 Å². The Hall–Kier alpha value is -2.07. The van der Waals surface area contributed by atoms with Gasteiger partial charge in [0, 0.05) is 11.6 Å². The van der Waals surface area contributed by atoms with Crippen molar-refractivity contribution in [1.29, 1.82) is 0 Å². The van der Waals surface area contributed by atoms with E-state index in [9.17, 15) is 0 Å². The number of pyridine rings is 1. The fourth-order valence-corrected chi connectivity index (χ4v) is 3.93. The molecule has 25 heavy (non-hydrogen) atoms. The minimum atomic E-state index is -0.0233. The Morgan fingerprint density at radius 2 is 2.00 bits per heavy atom. The van der Waals surface area contributed by atoms with Crippen molar-refractivity contribution >= 4 is 5.82 Å². The highest BCUT2D eigenvalue weighted by molar-refractivity contribution is 5.39. The molecule has 0 bridgehead atoms. The van der Waals surface area contributed by atoms with Gasteiger partial charge in [0.1, 0.15) is 44.1 Å². The molecule has 3 heterocycles. The summed E-state index contributed by atoms with van der Waals surface area (Å²) in [6.07, 6.45) is 4.23. The Balaban J connectivity index is 1.36. The summed E-state index contributed by atoms with van der Waals surface area (Å²) >= 11 is 0. The van der Waals surface area contributed by atoms with Crippen LogP contribution in [0.2, 0.25) is 0 Å². The number of nitrogens with zero attached hydrogens (tertiary/aromatic N) is 1. The summed E-state index contributed by atoms with van der Waals surface area (Å²) < 4.78 is 6.11. The molecule has 132 valence electrons. The van der Waals surface area contributed by atoms with Gasteiger partial charge in [0.25, 0.3) is 5.82 Å². The molecule has 1 aromatic carbocycles. The van der Waals surface area contributed by atoms with Crippen LogP contribution in [0.5, 0.6) is 5.75 Å². The molecule has 4 nitrogen and oxygen atoms in total. The van der Waals surface area contributed by atoms with E-state index in [-0.39, 0.29) is 5.60 Å². The van der Waals surface area contributed by atoms with Crippen molar-refractivity contribution < 1.29 is 14.6 Å². The Morgan fingerprint density at radius 3 is 2.76 bits per heavy atom. The predicted molar refractivity (Wildman–Crippen MR) is 99.1 cm³/mol. The van der Waals surface area contributed by atoms with E-state index in [0.717, 1.165) is 38.2 Å². The van der Waals surface area contributed by atoms with Gasteiger partial charge in [0.05, 0.1) is 6.20 Å². The maximum absolute atomic E-state index is 6.11. The fraction of sp³-hybridized carbons (Fsp3) is 0.476. The predicted octanol–water partition coefficient (Wildman–Crippen LogP) is 1.51. The smallest absolute Gasteiger partial charge is 0.274 e. The van der Waals surface area contributed by atoms with Gasteiger partial charge in [-0.15, -0.1) is 0 Å². The topological polar surface area (TPSA) is 31.1 Å². The van der Waals surface area contributed by atoms with Gasteiger partial charge >= 0.3 is 0 Å². The summed E-state index contributed by atoms with van der Waals surface area (Å²) in [6, 6.07) is 13.1. The lowest BCUT2D eigenvalue weighted by Gasteiger charge is -2.33. The number of aromatic nitrogens is 1. The fourth-order valence-electron chi connectivity index (χ4n) is 3.93. The molecule has 4 rings (SSSR count). The molecule has 2 aliphatic heterocycles. The third-order valence-corrected chi connectivity index (χ3v) is 5.47. The quantitative estimate of drug-likeness (QED) is 0.919. The van der Waals surface area contributed by atoms with Crippen LogP contribution in [0, 0.1) is 0 Å². The molecule has 1 fully saturated rings. The molecule has 0 atom stereocenters. The van der Waals surface area contributed by atoms with Crippen LogP contribution in [-0.2, 0) is 13.0 Å². The van der Waals surface area contributed by atoms with Crippen molar-refractivity contribution in [2.45, 2.75) is 38.8 Å². The first kappa shape index (κ1) is 16.4. The summed E-state index contributed by atoms with van der Waals surface area (Å²) in [5.74, 6) is 2.31. The van der Waals surface area contributed by atoms with Crippen molar-refractivity contribution in [2.24, 2.45) is 0 Å². The number of piperazine rings is 1. The van der Waals surface area contributed by atoms with Gasteiger partial charge in [-0.25, -0.2) is 4.98 Å². The van der Waals surface area contributed by atoms with Crippen LogP contribution >= 0.6 is 0 Å². The molecule has 1 aromatic heterocycles. The van der Waals surface area contributed by atoms with Crippen molar-refractivity contribution in [2.75, 3.05) is 31.1 Å². The molecule has 2 aromatic rings. The van der Waals surface area contributed by atoms with Gasteiger partial charge in [-0.2, -0.15) is 0 Å². The maximum atomic E-state index is 6.11. The molecule has 0 unspecified atom stereocenters. The van der Waals surface area contributed by atoms with Crippen LogP contribution in [0.15, 0.2) is 42.6 Å². The minimum absolute atomic E-state index is 0.0233. The number of H-pyrrole nitrogens is 1. The Bertz CT molecular complexity index is 721. The van der Waals surface area contributed by atoms with Crippen molar-refractivity contribution in [1.82, 2.24) is 0 Å². The SMILES string of the molecule is CC1(C)CCc2cc(C[NH+]3CCN(c4cccc[nH+]4)CC3)ccc2O1. The number of hydrogen-bond acceptors (Lipinski definition) is 2. The third kappa shape index (κ3) is 3.79. The second-order valence-corrected chi connectivity index (χ2v) is 7.97. The van der Waals surface area contributed by atoms with E-state index in [4.69, 9.17) is 4.74 Å². The van der Waals surface area contributed by atoms with E-state index >= 15 is 0 Å². The molecule has 0 aliphatic carbocycles. The Kier molecular flexibility index (Phi) is 4.38. The second kappa shape index (κ2) is 6.68. The number of quaternary nitrogens is 1. The molecular formula is C21H29N3O+2. The van der Waals surface area contributed by atoms with Gasteiger partial charge in [-0.05, 0) is 56.5 Å². The normalized spacial score (nSPS) is 20.0. The number of aromatic amines is 1. The Labute approximate surface area is 150 Å². The zero-order chi connectivity index (χ0) is 17.3. The van der Waals surface area contributed by atoms with Crippen LogP contribution in [0.1, 0.15) is 31.4 Å². The average molecular weight is 339 g/mol. The van der Waals surface area contributed by atoms with E-state index in [1.807, 2.05) is 12.3 Å². The van der Waals surface area contributed by atoms with Crippen LogP contribution in [0.3, 0.4) is 0 Å². The van der Waals surface area contributed by atoms with E-state index < -0.39 is 0 Å². The molecule has 2 aliphatic rings.